The molecule has 5 heteroatoms. The zero-order valence-corrected chi connectivity index (χ0v) is 22.4. The van der Waals surface area contributed by atoms with Crippen molar-refractivity contribution in [3.8, 4) is 11.5 Å². The predicted molar refractivity (Wildman–Crippen MR) is 146 cm³/mol. The fourth-order valence-electron chi connectivity index (χ4n) is 3.89. The first-order valence-corrected chi connectivity index (χ1v) is 14.4. The molecule has 2 aromatic rings. The standard InChI is InChI=1S/C29H45NO3S/c1-4-6-8-10-12-14-16-26-19-22-28(32-23-15-13-11-9-7-5-2)29(24-26)33-34(31)30-27-20-17-25(3)18-21-27/h17-22,24,30H,4-16,23H2,1-3H3. The summed E-state index contributed by atoms with van der Waals surface area (Å²) < 4.78 is 27.5. The Kier molecular flexibility index (Phi) is 14.5. The van der Waals surface area contributed by atoms with E-state index in [2.05, 4.69) is 24.6 Å². The van der Waals surface area contributed by atoms with E-state index in [1.165, 1.54) is 69.8 Å². The molecule has 0 radical (unpaired) electrons. The minimum absolute atomic E-state index is 0.549. The van der Waals surface area contributed by atoms with Crippen molar-refractivity contribution < 1.29 is 13.1 Å². The van der Waals surface area contributed by atoms with E-state index in [9.17, 15) is 4.21 Å². The fourth-order valence-corrected chi connectivity index (χ4v) is 4.55. The van der Waals surface area contributed by atoms with Crippen molar-refractivity contribution in [2.75, 3.05) is 11.3 Å². The van der Waals surface area contributed by atoms with E-state index in [0.29, 0.717) is 18.1 Å². The maximum Gasteiger partial charge on any atom is 0.316 e. The molecule has 4 nitrogen and oxygen atoms in total. The predicted octanol–water partition coefficient (Wildman–Crippen LogP) is 8.71. The van der Waals surface area contributed by atoms with Crippen molar-refractivity contribution in [3.63, 3.8) is 0 Å². The molecule has 0 aliphatic carbocycles. The molecule has 0 aliphatic rings. The molecule has 2 aromatic carbocycles. The van der Waals surface area contributed by atoms with Crippen molar-refractivity contribution in [3.05, 3.63) is 53.6 Å². The molecule has 0 aliphatic heterocycles. The summed E-state index contributed by atoms with van der Waals surface area (Å²) in [5, 5.41) is 0. The lowest BCUT2D eigenvalue weighted by molar-refractivity contribution is 0.296. The minimum atomic E-state index is -1.70. The van der Waals surface area contributed by atoms with Crippen LogP contribution in [-0.2, 0) is 17.7 Å². The highest BCUT2D eigenvalue weighted by Crippen LogP contribution is 2.30. The Labute approximate surface area is 210 Å². The van der Waals surface area contributed by atoms with Gasteiger partial charge in [-0.05, 0) is 56.0 Å². The third-order valence-corrected chi connectivity index (χ3v) is 6.73. The van der Waals surface area contributed by atoms with Crippen molar-refractivity contribution in [1.82, 2.24) is 0 Å². The van der Waals surface area contributed by atoms with Crippen LogP contribution < -0.4 is 13.6 Å². The zero-order chi connectivity index (χ0) is 24.4. The number of ether oxygens (including phenoxy) is 1. The maximum atomic E-state index is 12.7. The molecule has 1 atom stereocenters. The number of benzene rings is 2. The molecule has 0 spiro atoms. The lowest BCUT2D eigenvalue weighted by atomic mass is 10.0. The number of hydrogen-bond acceptors (Lipinski definition) is 3. The molecule has 0 heterocycles. The summed E-state index contributed by atoms with van der Waals surface area (Å²) in [7, 11) is 0. The monoisotopic (exact) mass is 487 g/mol. The maximum absolute atomic E-state index is 12.7. The lowest BCUT2D eigenvalue weighted by Gasteiger charge is -2.14. The van der Waals surface area contributed by atoms with E-state index in [1.54, 1.807) is 0 Å². The summed E-state index contributed by atoms with van der Waals surface area (Å²) in [4.78, 5) is 0. The van der Waals surface area contributed by atoms with Gasteiger partial charge in [0.05, 0.1) is 6.61 Å². The molecular formula is C29H45NO3S. The van der Waals surface area contributed by atoms with Gasteiger partial charge in [0.1, 0.15) is 0 Å². The van der Waals surface area contributed by atoms with Crippen LogP contribution in [0, 0.1) is 6.92 Å². The van der Waals surface area contributed by atoms with Crippen LogP contribution in [0.3, 0.4) is 0 Å². The van der Waals surface area contributed by atoms with Crippen LogP contribution in [-0.4, -0.2) is 10.8 Å². The average Bonchev–Trinajstić information content (AvgIpc) is 2.83. The normalized spacial score (nSPS) is 11.9. The van der Waals surface area contributed by atoms with Gasteiger partial charge in [-0.3, -0.25) is 4.72 Å². The molecule has 0 saturated heterocycles. The quantitative estimate of drug-likeness (QED) is 0.202. The number of unbranched alkanes of at least 4 members (excludes halogenated alkanes) is 10. The Hall–Kier alpha value is -2.01. The van der Waals surface area contributed by atoms with Gasteiger partial charge >= 0.3 is 11.3 Å². The molecule has 0 bridgehead atoms. The second-order valence-electron chi connectivity index (χ2n) is 9.20. The van der Waals surface area contributed by atoms with Crippen LogP contribution in [0.25, 0.3) is 0 Å². The SMILES string of the molecule is CCCCCCCCOc1ccc(CCCCCCCC)cc1OS(=O)Nc1ccc(C)cc1. The molecule has 1 N–H and O–H groups in total. The molecule has 0 aromatic heterocycles. The Morgan fingerprint density at radius 3 is 2.03 bits per heavy atom. The Bertz CT molecular complexity index is 823. The van der Waals surface area contributed by atoms with Gasteiger partial charge < -0.3 is 8.92 Å². The van der Waals surface area contributed by atoms with Crippen molar-refractivity contribution in [2.24, 2.45) is 0 Å². The summed E-state index contributed by atoms with van der Waals surface area (Å²) in [5.41, 5.74) is 3.12. The molecule has 0 saturated carbocycles. The molecule has 34 heavy (non-hydrogen) atoms. The summed E-state index contributed by atoms with van der Waals surface area (Å²) in [5.74, 6) is 1.21. The van der Waals surface area contributed by atoms with E-state index < -0.39 is 11.3 Å². The third kappa shape index (κ3) is 11.9. The number of anilines is 1. The average molecular weight is 488 g/mol. The smallest absolute Gasteiger partial charge is 0.316 e. The summed E-state index contributed by atoms with van der Waals surface area (Å²) in [6.45, 7) is 7.16. The van der Waals surface area contributed by atoms with Gasteiger partial charge in [-0.25, -0.2) is 0 Å². The molecule has 0 amide bonds. The molecular weight excluding hydrogens is 442 g/mol. The summed E-state index contributed by atoms with van der Waals surface area (Å²) >= 11 is -1.70. The van der Waals surface area contributed by atoms with Gasteiger partial charge in [-0.15, -0.1) is 0 Å². The van der Waals surface area contributed by atoms with Gasteiger partial charge in [0.2, 0.25) is 0 Å². The van der Waals surface area contributed by atoms with E-state index in [1.807, 2.05) is 43.3 Å². The number of hydrogen-bond donors (Lipinski definition) is 1. The second kappa shape index (κ2) is 17.4. The van der Waals surface area contributed by atoms with Crippen LogP contribution >= 0.6 is 0 Å². The highest BCUT2D eigenvalue weighted by Gasteiger charge is 2.12. The van der Waals surface area contributed by atoms with E-state index in [-0.39, 0.29) is 0 Å². The largest absolute Gasteiger partial charge is 0.490 e. The number of nitrogens with one attached hydrogen (secondary N) is 1. The summed E-state index contributed by atoms with van der Waals surface area (Å²) in [6, 6.07) is 13.9. The van der Waals surface area contributed by atoms with E-state index >= 15 is 0 Å². The van der Waals surface area contributed by atoms with Gasteiger partial charge in [-0.1, -0.05) is 102 Å². The molecule has 2 rings (SSSR count). The van der Waals surface area contributed by atoms with E-state index in [4.69, 9.17) is 8.92 Å². The Balaban J connectivity index is 1.94. The van der Waals surface area contributed by atoms with Gasteiger partial charge in [-0.2, -0.15) is 4.21 Å². The first-order chi connectivity index (χ1) is 16.6. The first kappa shape index (κ1) is 28.2. The highest BCUT2D eigenvalue weighted by molar-refractivity contribution is 7.82. The number of rotatable bonds is 19. The van der Waals surface area contributed by atoms with Crippen molar-refractivity contribution >= 4 is 17.0 Å². The summed E-state index contributed by atoms with van der Waals surface area (Å²) in [6.07, 6.45) is 15.9. The first-order valence-electron chi connectivity index (χ1n) is 13.3. The lowest BCUT2D eigenvalue weighted by Crippen LogP contribution is -2.12. The topological polar surface area (TPSA) is 47.6 Å². The van der Waals surface area contributed by atoms with Crippen LogP contribution in [0.5, 0.6) is 11.5 Å². The van der Waals surface area contributed by atoms with Crippen molar-refractivity contribution in [2.45, 2.75) is 104 Å². The Morgan fingerprint density at radius 2 is 1.35 bits per heavy atom. The van der Waals surface area contributed by atoms with Crippen LogP contribution in [0.2, 0.25) is 0 Å². The Morgan fingerprint density at radius 1 is 0.735 bits per heavy atom. The zero-order valence-electron chi connectivity index (χ0n) is 21.6. The van der Waals surface area contributed by atoms with Gasteiger partial charge in [0.15, 0.2) is 11.5 Å². The van der Waals surface area contributed by atoms with Crippen LogP contribution in [0.15, 0.2) is 42.5 Å². The fraction of sp³-hybridized carbons (Fsp3) is 0.586. The van der Waals surface area contributed by atoms with Crippen LogP contribution in [0.1, 0.15) is 102 Å². The van der Waals surface area contributed by atoms with Gasteiger partial charge in [0.25, 0.3) is 0 Å². The van der Waals surface area contributed by atoms with Crippen LogP contribution in [0.4, 0.5) is 5.69 Å². The number of aryl methyl sites for hydroxylation is 2. The second-order valence-corrected chi connectivity index (χ2v) is 10.0. The van der Waals surface area contributed by atoms with Crippen molar-refractivity contribution in [1.29, 1.82) is 0 Å². The van der Waals surface area contributed by atoms with Gasteiger partial charge in [0, 0.05) is 5.69 Å². The highest BCUT2D eigenvalue weighted by atomic mass is 32.2. The molecule has 1 unspecified atom stereocenters. The third-order valence-electron chi connectivity index (χ3n) is 6.00. The van der Waals surface area contributed by atoms with E-state index in [0.717, 1.165) is 30.5 Å². The molecule has 190 valence electrons. The molecule has 0 fully saturated rings. The minimum Gasteiger partial charge on any atom is -0.490 e.